The van der Waals surface area contributed by atoms with Crippen molar-refractivity contribution in [1.29, 1.82) is 0 Å². The highest BCUT2D eigenvalue weighted by molar-refractivity contribution is 5.93. The number of hydrogen-bond acceptors (Lipinski definition) is 7. The normalized spacial score (nSPS) is 21.7. The Morgan fingerprint density at radius 1 is 1.10 bits per heavy atom. The lowest BCUT2D eigenvalue weighted by Gasteiger charge is -2.47. The minimum absolute atomic E-state index is 0.259. The van der Waals surface area contributed by atoms with E-state index in [2.05, 4.69) is 19.8 Å². The topological polar surface area (TPSA) is 78.8 Å². The number of aliphatic hydroxyl groups excluding tert-OH is 1. The summed E-state index contributed by atoms with van der Waals surface area (Å²) >= 11 is 0. The standard InChI is InChI=1S/C24H30N4O3/c1-17-18(3-4-19-20(17)16-31-22(19)30)21(29)15-27-11-5-24(6-12-27)7-13-28(14-8-24)23-25-9-2-10-26-23/h2-4,9-10,21,29H,5-8,11-16H2,1H3/t21-/m0/s1. The van der Waals surface area contributed by atoms with Gasteiger partial charge in [0.1, 0.15) is 6.61 Å². The molecule has 0 aliphatic carbocycles. The number of fused-ring (bicyclic) bond motifs is 1. The lowest BCUT2D eigenvalue weighted by atomic mass is 9.71. The molecule has 1 aromatic carbocycles. The minimum atomic E-state index is -0.549. The lowest BCUT2D eigenvalue weighted by Crippen LogP contribution is -2.47. The Hall–Kier alpha value is -2.51. The van der Waals surface area contributed by atoms with Crippen LogP contribution in [0.5, 0.6) is 0 Å². The average molecular weight is 423 g/mol. The molecule has 0 saturated carbocycles. The van der Waals surface area contributed by atoms with E-state index in [1.165, 1.54) is 25.7 Å². The highest BCUT2D eigenvalue weighted by atomic mass is 16.5. The van der Waals surface area contributed by atoms with E-state index >= 15 is 0 Å². The van der Waals surface area contributed by atoms with Crippen molar-refractivity contribution in [3.05, 3.63) is 52.8 Å². The third-order valence-corrected chi connectivity index (χ3v) is 7.57. The molecule has 0 unspecified atom stereocenters. The predicted molar refractivity (Wildman–Crippen MR) is 117 cm³/mol. The van der Waals surface area contributed by atoms with Crippen LogP contribution in [0.2, 0.25) is 0 Å². The Kier molecular flexibility index (Phi) is 5.40. The van der Waals surface area contributed by atoms with Crippen LogP contribution in [0.3, 0.4) is 0 Å². The van der Waals surface area contributed by atoms with E-state index in [1.807, 2.05) is 31.5 Å². The molecule has 2 aromatic rings. The molecule has 3 aliphatic heterocycles. The van der Waals surface area contributed by atoms with Crippen LogP contribution in [0.4, 0.5) is 5.95 Å². The van der Waals surface area contributed by atoms with Gasteiger partial charge in [-0.3, -0.25) is 0 Å². The van der Waals surface area contributed by atoms with Gasteiger partial charge in [-0.15, -0.1) is 0 Å². The first-order valence-corrected chi connectivity index (χ1v) is 11.3. The summed E-state index contributed by atoms with van der Waals surface area (Å²) in [7, 11) is 0. The molecule has 5 rings (SSSR count). The van der Waals surface area contributed by atoms with Crippen LogP contribution < -0.4 is 4.90 Å². The number of esters is 1. The van der Waals surface area contributed by atoms with Crippen molar-refractivity contribution in [3.8, 4) is 0 Å². The number of carbonyl (C=O) groups excluding carboxylic acids is 1. The Balaban J connectivity index is 1.16. The zero-order valence-electron chi connectivity index (χ0n) is 18.1. The second-order valence-corrected chi connectivity index (χ2v) is 9.23. The third kappa shape index (κ3) is 3.92. The lowest BCUT2D eigenvalue weighted by molar-refractivity contribution is 0.0446. The number of hydrogen-bond donors (Lipinski definition) is 1. The molecule has 1 N–H and O–H groups in total. The number of β-amino-alcohol motifs (C(OH)–C–C–N with tert-alkyl or cyclic N) is 1. The summed E-state index contributed by atoms with van der Waals surface area (Å²) in [5.41, 5.74) is 3.87. The molecule has 0 amide bonds. The van der Waals surface area contributed by atoms with Gasteiger partial charge in [0, 0.05) is 37.6 Å². The molecular weight excluding hydrogens is 392 g/mol. The Morgan fingerprint density at radius 2 is 1.77 bits per heavy atom. The Morgan fingerprint density at radius 3 is 2.48 bits per heavy atom. The molecule has 164 valence electrons. The number of nitrogens with zero attached hydrogens (tertiary/aromatic N) is 4. The molecule has 0 bridgehead atoms. The molecule has 7 nitrogen and oxygen atoms in total. The molecule has 0 radical (unpaired) electrons. The molecule has 7 heteroatoms. The highest BCUT2D eigenvalue weighted by Crippen LogP contribution is 2.42. The van der Waals surface area contributed by atoms with Gasteiger partial charge in [-0.2, -0.15) is 0 Å². The van der Waals surface area contributed by atoms with E-state index in [0.29, 0.717) is 24.1 Å². The van der Waals surface area contributed by atoms with Crippen LogP contribution in [0.15, 0.2) is 30.6 Å². The van der Waals surface area contributed by atoms with Crippen molar-refractivity contribution >= 4 is 11.9 Å². The first-order valence-electron chi connectivity index (χ1n) is 11.3. The highest BCUT2D eigenvalue weighted by Gasteiger charge is 2.38. The van der Waals surface area contributed by atoms with Crippen molar-refractivity contribution in [3.63, 3.8) is 0 Å². The summed E-state index contributed by atoms with van der Waals surface area (Å²) < 4.78 is 5.15. The van der Waals surface area contributed by atoms with Crippen molar-refractivity contribution in [2.45, 2.75) is 45.3 Å². The van der Waals surface area contributed by atoms with Crippen LogP contribution in [-0.4, -0.2) is 58.7 Å². The van der Waals surface area contributed by atoms with E-state index in [1.54, 1.807) is 6.07 Å². The summed E-state index contributed by atoms with van der Waals surface area (Å²) in [6, 6.07) is 5.54. The maximum Gasteiger partial charge on any atom is 0.338 e. The Bertz CT molecular complexity index is 947. The first kappa shape index (κ1) is 20.4. The number of aromatic nitrogens is 2. The number of rotatable bonds is 4. The number of anilines is 1. The molecule has 2 saturated heterocycles. The van der Waals surface area contributed by atoms with Gasteiger partial charge in [0.15, 0.2) is 0 Å². The van der Waals surface area contributed by atoms with Gasteiger partial charge in [0.05, 0.1) is 11.7 Å². The van der Waals surface area contributed by atoms with Crippen LogP contribution in [0, 0.1) is 12.3 Å². The van der Waals surface area contributed by atoms with E-state index in [9.17, 15) is 9.90 Å². The molecule has 4 heterocycles. The van der Waals surface area contributed by atoms with E-state index in [-0.39, 0.29) is 5.97 Å². The number of ether oxygens (including phenoxy) is 1. The van der Waals surface area contributed by atoms with Crippen LogP contribution in [0.25, 0.3) is 0 Å². The fraction of sp³-hybridized carbons (Fsp3) is 0.542. The number of aliphatic hydroxyl groups is 1. The van der Waals surface area contributed by atoms with E-state index in [0.717, 1.165) is 48.8 Å². The van der Waals surface area contributed by atoms with Crippen molar-refractivity contribution in [2.24, 2.45) is 5.41 Å². The van der Waals surface area contributed by atoms with Gasteiger partial charge in [-0.1, -0.05) is 6.07 Å². The zero-order valence-corrected chi connectivity index (χ0v) is 18.1. The molecule has 1 atom stereocenters. The van der Waals surface area contributed by atoms with Gasteiger partial charge < -0.3 is 19.6 Å². The predicted octanol–water partition coefficient (Wildman–Crippen LogP) is 2.87. The number of carbonyl (C=O) groups is 1. The SMILES string of the molecule is Cc1c([C@@H](O)CN2CCC3(CC2)CCN(c2ncccn2)CC3)ccc2c1COC2=O. The second kappa shape index (κ2) is 8.20. The van der Waals surface area contributed by atoms with Crippen molar-refractivity contribution in [1.82, 2.24) is 14.9 Å². The average Bonchev–Trinajstić information content (AvgIpc) is 3.18. The number of benzene rings is 1. The van der Waals surface area contributed by atoms with Gasteiger partial charge in [-0.05, 0) is 74.4 Å². The number of likely N-dealkylation sites (tertiary alicyclic amines) is 1. The quantitative estimate of drug-likeness (QED) is 0.759. The van der Waals surface area contributed by atoms with Gasteiger partial charge in [-0.25, -0.2) is 14.8 Å². The van der Waals surface area contributed by atoms with Gasteiger partial charge in [0.25, 0.3) is 0 Å². The van der Waals surface area contributed by atoms with E-state index < -0.39 is 6.10 Å². The van der Waals surface area contributed by atoms with Crippen molar-refractivity contribution < 1.29 is 14.6 Å². The van der Waals surface area contributed by atoms with Gasteiger partial charge in [0.2, 0.25) is 5.95 Å². The number of piperidine rings is 2. The summed E-state index contributed by atoms with van der Waals surface area (Å²) in [6.07, 6.45) is 7.78. The largest absolute Gasteiger partial charge is 0.457 e. The van der Waals surface area contributed by atoms with E-state index in [4.69, 9.17) is 4.74 Å². The van der Waals surface area contributed by atoms with Crippen LogP contribution in [-0.2, 0) is 11.3 Å². The summed E-state index contributed by atoms with van der Waals surface area (Å²) in [4.78, 5) is 25.2. The maximum atomic E-state index is 11.8. The molecule has 1 aromatic heterocycles. The summed E-state index contributed by atoms with van der Waals surface area (Å²) in [5, 5.41) is 10.9. The fourth-order valence-electron chi connectivity index (χ4n) is 5.42. The summed E-state index contributed by atoms with van der Waals surface area (Å²) in [5.74, 6) is 0.583. The molecule has 3 aliphatic rings. The Labute approximate surface area is 183 Å². The van der Waals surface area contributed by atoms with Crippen LogP contribution in [0.1, 0.15) is 58.8 Å². The molecule has 31 heavy (non-hydrogen) atoms. The molecule has 1 spiro atoms. The summed E-state index contributed by atoms with van der Waals surface area (Å²) in [6.45, 7) is 7.00. The fourth-order valence-corrected chi connectivity index (χ4v) is 5.42. The smallest absolute Gasteiger partial charge is 0.338 e. The molecule has 2 fully saturated rings. The number of cyclic esters (lactones) is 1. The van der Waals surface area contributed by atoms with Crippen molar-refractivity contribution in [2.75, 3.05) is 37.6 Å². The monoisotopic (exact) mass is 422 g/mol. The first-order chi connectivity index (χ1) is 15.0. The maximum absolute atomic E-state index is 11.8. The second-order valence-electron chi connectivity index (χ2n) is 9.23. The van der Waals surface area contributed by atoms with Crippen LogP contribution >= 0.6 is 0 Å². The zero-order chi connectivity index (χ0) is 21.4. The molecular formula is C24H30N4O3. The van der Waals surface area contributed by atoms with Gasteiger partial charge >= 0.3 is 5.97 Å². The minimum Gasteiger partial charge on any atom is -0.457 e. The third-order valence-electron chi connectivity index (χ3n) is 7.57.